The van der Waals surface area contributed by atoms with E-state index in [4.69, 9.17) is 4.74 Å². The zero-order valence-corrected chi connectivity index (χ0v) is 19.4. The molecular weight excluding hydrogens is 486 g/mol. The van der Waals surface area contributed by atoms with Gasteiger partial charge in [-0.3, -0.25) is 19.5 Å². The molecule has 184 valence electrons. The van der Waals surface area contributed by atoms with Crippen LogP contribution >= 0.6 is 11.3 Å². The molecule has 5 rings (SSSR count). The van der Waals surface area contributed by atoms with Crippen molar-refractivity contribution in [3.63, 3.8) is 0 Å². The SMILES string of the molecule is Cc1cc(C(F)(F)F)cc(-c2ccnc3cc(CN4C(=O)CCC4=O)sc23)c1O[C@@H]1CNC[C@@H]1F. The van der Waals surface area contributed by atoms with Crippen molar-refractivity contribution in [3.8, 4) is 16.9 Å². The van der Waals surface area contributed by atoms with Gasteiger partial charge >= 0.3 is 6.18 Å². The molecular formula is C24H21F4N3O3S. The minimum absolute atomic E-state index is 0.0837. The molecule has 1 aromatic carbocycles. The summed E-state index contributed by atoms with van der Waals surface area (Å²) < 4.78 is 61.9. The monoisotopic (exact) mass is 507 g/mol. The van der Waals surface area contributed by atoms with Crippen LogP contribution in [0.4, 0.5) is 17.6 Å². The van der Waals surface area contributed by atoms with Crippen LogP contribution in [0, 0.1) is 6.92 Å². The van der Waals surface area contributed by atoms with Gasteiger partial charge in [0.15, 0.2) is 6.17 Å². The van der Waals surface area contributed by atoms with E-state index >= 15 is 0 Å². The molecule has 0 aliphatic carbocycles. The van der Waals surface area contributed by atoms with Gasteiger partial charge in [0.2, 0.25) is 11.8 Å². The Hall–Kier alpha value is -3.05. The number of fused-ring (bicyclic) bond motifs is 1. The summed E-state index contributed by atoms with van der Waals surface area (Å²) in [6.07, 6.45) is -4.88. The zero-order valence-electron chi connectivity index (χ0n) is 18.6. The van der Waals surface area contributed by atoms with Crippen LogP contribution in [0.1, 0.15) is 28.8 Å². The van der Waals surface area contributed by atoms with Crippen molar-refractivity contribution < 1.29 is 31.9 Å². The minimum Gasteiger partial charge on any atom is -0.485 e. The van der Waals surface area contributed by atoms with Gasteiger partial charge in [-0.2, -0.15) is 13.2 Å². The van der Waals surface area contributed by atoms with Gasteiger partial charge in [-0.1, -0.05) is 0 Å². The number of aromatic nitrogens is 1. The van der Waals surface area contributed by atoms with Crippen LogP contribution in [-0.2, 0) is 22.3 Å². The first kappa shape index (κ1) is 23.7. The molecule has 2 aliphatic rings. The van der Waals surface area contributed by atoms with Crippen molar-refractivity contribution in [2.75, 3.05) is 13.1 Å². The molecule has 6 nitrogen and oxygen atoms in total. The zero-order chi connectivity index (χ0) is 24.9. The smallest absolute Gasteiger partial charge is 0.416 e. The van der Waals surface area contributed by atoms with Crippen LogP contribution in [0.5, 0.6) is 5.75 Å². The molecule has 2 aliphatic heterocycles. The van der Waals surface area contributed by atoms with Gasteiger partial charge in [0, 0.05) is 48.1 Å². The number of alkyl halides is 4. The fourth-order valence-corrected chi connectivity index (χ4v) is 5.55. The minimum atomic E-state index is -4.58. The number of benzene rings is 1. The fourth-order valence-electron chi connectivity index (χ4n) is 4.42. The Morgan fingerprint density at radius 1 is 1.14 bits per heavy atom. The van der Waals surface area contributed by atoms with E-state index in [2.05, 4.69) is 10.3 Å². The molecule has 1 N–H and O–H groups in total. The standard InChI is InChI=1S/C24H21F4N3O3S/c1-12-6-13(24(26,27)28)7-16(22(12)34-19-10-29-9-17(19)25)15-4-5-30-18-8-14(35-23(15)18)11-31-20(32)2-3-21(31)33/h4-8,17,19,29H,2-3,9-11H2,1H3/t17-,19+/m0/s1. The molecule has 2 amide bonds. The summed E-state index contributed by atoms with van der Waals surface area (Å²) in [5, 5.41) is 2.88. The summed E-state index contributed by atoms with van der Waals surface area (Å²) in [5.41, 5.74) is 0.563. The Balaban J connectivity index is 1.62. The normalized spacial score (nSPS) is 20.9. The summed E-state index contributed by atoms with van der Waals surface area (Å²) >= 11 is 1.25. The molecule has 35 heavy (non-hydrogen) atoms. The van der Waals surface area contributed by atoms with Gasteiger partial charge < -0.3 is 10.1 Å². The average molecular weight is 508 g/mol. The lowest BCUT2D eigenvalue weighted by Gasteiger charge is -2.22. The maximum Gasteiger partial charge on any atom is 0.416 e. The van der Waals surface area contributed by atoms with Gasteiger partial charge in [-0.15, -0.1) is 11.3 Å². The van der Waals surface area contributed by atoms with E-state index in [0.29, 0.717) is 20.7 Å². The molecule has 2 fully saturated rings. The van der Waals surface area contributed by atoms with Crippen LogP contribution in [0.25, 0.3) is 21.3 Å². The average Bonchev–Trinajstić information content (AvgIpc) is 3.49. The number of carbonyl (C=O) groups excluding carboxylic acids is 2. The largest absolute Gasteiger partial charge is 0.485 e. The Morgan fingerprint density at radius 2 is 1.89 bits per heavy atom. The number of aryl methyl sites for hydroxylation is 1. The number of nitrogens with zero attached hydrogens (tertiary/aromatic N) is 2. The van der Waals surface area contributed by atoms with E-state index in [-0.39, 0.29) is 61.2 Å². The maximum absolute atomic E-state index is 14.3. The Morgan fingerprint density at radius 3 is 2.54 bits per heavy atom. The Labute approximate surface area is 201 Å². The van der Waals surface area contributed by atoms with Gasteiger partial charge in [0.05, 0.1) is 22.3 Å². The van der Waals surface area contributed by atoms with Crippen molar-refractivity contribution in [3.05, 3.63) is 46.5 Å². The third-order valence-electron chi connectivity index (χ3n) is 6.18. The molecule has 2 saturated heterocycles. The highest BCUT2D eigenvalue weighted by Crippen LogP contribution is 2.44. The number of nitrogens with one attached hydrogen (secondary N) is 1. The number of amides is 2. The number of hydrogen-bond donors (Lipinski definition) is 1. The predicted octanol–water partition coefficient (Wildman–Crippen LogP) is 4.63. The van der Waals surface area contributed by atoms with E-state index in [1.54, 1.807) is 12.1 Å². The first-order valence-electron chi connectivity index (χ1n) is 11.1. The number of rotatable bonds is 5. The van der Waals surface area contributed by atoms with Crippen molar-refractivity contribution in [2.24, 2.45) is 0 Å². The van der Waals surface area contributed by atoms with Crippen LogP contribution in [0.3, 0.4) is 0 Å². The molecule has 11 heteroatoms. The summed E-state index contributed by atoms with van der Waals surface area (Å²) in [6.45, 7) is 1.95. The molecule has 3 aromatic rings. The number of halogens is 4. The molecule has 0 unspecified atom stereocenters. The first-order chi connectivity index (χ1) is 16.6. The third kappa shape index (κ3) is 4.50. The van der Waals surface area contributed by atoms with E-state index in [9.17, 15) is 27.2 Å². The highest BCUT2D eigenvalue weighted by atomic mass is 32.1. The first-order valence-corrected chi connectivity index (χ1v) is 11.9. The maximum atomic E-state index is 14.3. The highest BCUT2D eigenvalue weighted by molar-refractivity contribution is 7.19. The predicted molar refractivity (Wildman–Crippen MR) is 122 cm³/mol. The van der Waals surface area contributed by atoms with E-state index in [1.807, 2.05) is 0 Å². The van der Waals surface area contributed by atoms with Crippen molar-refractivity contribution in [1.82, 2.24) is 15.2 Å². The second-order valence-electron chi connectivity index (χ2n) is 8.66. The summed E-state index contributed by atoms with van der Waals surface area (Å²) in [7, 11) is 0. The summed E-state index contributed by atoms with van der Waals surface area (Å²) in [4.78, 5) is 30.3. The lowest BCUT2D eigenvalue weighted by Crippen LogP contribution is -2.27. The van der Waals surface area contributed by atoms with Crippen molar-refractivity contribution >= 4 is 33.4 Å². The topological polar surface area (TPSA) is 71.5 Å². The van der Waals surface area contributed by atoms with Gasteiger partial charge in [0.1, 0.15) is 11.9 Å². The fraction of sp³-hybridized carbons (Fsp3) is 0.375. The van der Waals surface area contributed by atoms with Crippen LogP contribution in [0.2, 0.25) is 0 Å². The van der Waals surface area contributed by atoms with Gasteiger partial charge in [-0.05, 0) is 36.8 Å². The van der Waals surface area contributed by atoms with E-state index in [1.165, 1.54) is 29.4 Å². The van der Waals surface area contributed by atoms with Crippen LogP contribution in [-0.4, -0.2) is 47.1 Å². The number of imide groups is 1. The van der Waals surface area contributed by atoms with Crippen LogP contribution < -0.4 is 10.1 Å². The van der Waals surface area contributed by atoms with Crippen LogP contribution in [0.15, 0.2) is 30.5 Å². The third-order valence-corrected chi connectivity index (χ3v) is 7.32. The number of thiophene rings is 1. The number of hydrogen-bond acceptors (Lipinski definition) is 6. The molecule has 2 atom stereocenters. The second-order valence-corrected chi connectivity index (χ2v) is 9.79. The van der Waals surface area contributed by atoms with E-state index in [0.717, 1.165) is 12.1 Å². The van der Waals surface area contributed by atoms with Gasteiger partial charge in [0.25, 0.3) is 0 Å². The van der Waals surface area contributed by atoms with Crippen molar-refractivity contribution in [2.45, 2.75) is 44.8 Å². The molecule has 0 saturated carbocycles. The summed E-state index contributed by atoms with van der Waals surface area (Å²) in [6, 6.07) is 5.33. The Bertz CT molecular complexity index is 1310. The molecule has 0 bridgehead atoms. The summed E-state index contributed by atoms with van der Waals surface area (Å²) in [5.74, 6) is -0.326. The molecule has 0 spiro atoms. The number of pyridine rings is 1. The number of likely N-dealkylation sites (tertiary alicyclic amines) is 1. The second kappa shape index (κ2) is 8.87. The number of ether oxygens (including phenoxy) is 1. The Kier molecular flexibility index (Phi) is 6.00. The highest BCUT2D eigenvalue weighted by Gasteiger charge is 2.35. The van der Waals surface area contributed by atoms with Crippen molar-refractivity contribution in [1.29, 1.82) is 0 Å². The molecule has 4 heterocycles. The number of carbonyl (C=O) groups is 2. The molecule has 0 radical (unpaired) electrons. The van der Waals surface area contributed by atoms with Gasteiger partial charge in [-0.25, -0.2) is 4.39 Å². The molecule has 2 aromatic heterocycles. The lowest BCUT2D eigenvalue weighted by molar-refractivity contribution is -0.139. The van der Waals surface area contributed by atoms with E-state index < -0.39 is 24.0 Å². The quantitative estimate of drug-likeness (QED) is 0.403. The lowest BCUT2D eigenvalue weighted by atomic mass is 9.98.